The Morgan fingerprint density at radius 2 is 0.705 bits per heavy atom. The average Bonchev–Trinajstić information content (AvgIpc) is 3.80. The molecule has 0 radical (unpaired) electrons. The summed E-state index contributed by atoms with van der Waals surface area (Å²) in [6.07, 6.45) is 0. The van der Waals surface area contributed by atoms with Crippen LogP contribution in [0.4, 0.5) is 0 Å². The monoisotopic (exact) mass is 799 g/mol. The van der Waals surface area contributed by atoms with E-state index in [2.05, 4.69) is 24.3 Å². The van der Waals surface area contributed by atoms with Crippen molar-refractivity contribution < 1.29 is 8.22 Å². The topological polar surface area (TPSA) is 38.7 Å². The van der Waals surface area contributed by atoms with Gasteiger partial charge in [-0.25, -0.2) is 15.0 Å². The summed E-state index contributed by atoms with van der Waals surface area (Å²) in [6.45, 7) is 0. The number of hydrogen-bond acceptors (Lipinski definition) is 4. The van der Waals surface area contributed by atoms with Crippen molar-refractivity contribution in [1.82, 2.24) is 15.0 Å². The zero-order chi connectivity index (χ0) is 45.5. The van der Waals surface area contributed by atoms with Gasteiger partial charge in [0.25, 0.3) is 0 Å². The quantitative estimate of drug-likeness (QED) is 0.157. The molecule has 12 aromatic rings. The van der Waals surface area contributed by atoms with Gasteiger partial charge in [0.05, 0.1) is 8.22 Å². The summed E-state index contributed by atoms with van der Waals surface area (Å²) in [7, 11) is 0. The summed E-state index contributed by atoms with van der Waals surface area (Å²) >= 11 is 1.10. The van der Waals surface area contributed by atoms with E-state index in [4.69, 9.17) is 15.0 Å². The standard InChI is InChI=1S/C57H35N3S/c1-3-11-36(12-4-1)38-19-23-40(24-20-38)55-58-56(41-25-21-39(22-26-41)37-13-5-2-6-14-37)60-57(59-55)44-28-31-50-52-34-43(29-32-53(52)61-54(50)35-44)42-27-30-49-47-17-8-7-15-45(47)46-16-9-10-18-48(46)51(49)33-42/h1-35H/i28D,29D,31D,32D,34D,35D. The van der Waals surface area contributed by atoms with Crippen LogP contribution in [-0.4, -0.2) is 15.0 Å². The highest BCUT2D eigenvalue weighted by Gasteiger charge is 2.16. The third-order valence-electron chi connectivity index (χ3n) is 11.4. The van der Waals surface area contributed by atoms with Crippen LogP contribution in [0.1, 0.15) is 8.22 Å². The van der Waals surface area contributed by atoms with Crippen LogP contribution in [0.25, 0.3) is 120 Å². The fourth-order valence-electron chi connectivity index (χ4n) is 8.34. The Balaban J connectivity index is 1.04. The molecule has 61 heavy (non-hydrogen) atoms. The molecule has 0 unspecified atom stereocenters. The number of nitrogens with zero attached hydrogens (tertiary/aromatic N) is 3. The van der Waals surface area contributed by atoms with E-state index in [0.717, 1.165) is 65.9 Å². The van der Waals surface area contributed by atoms with Crippen molar-refractivity contribution in [3.05, 3.63) is 212 Å². The number of aromatic nitrogens is 3. The molecule has 0 fully saturated rings. The fraction of sp³-hybridized carbons (Fsp3) is 0. The van der Waals surface area contributed by atoms with Gasteiger partial charge in [-0.1, -0.05) is 188 Å². The minimum atomic E-state index is -0.273. The van der Waals surface area contributed by atoms with Crippen molar-refractivity contribution in [1.29, 1.82) is 0 Å². The van der Waals surface area contributed by atoms with Crippen molar-refractivity contribution in [2.75, 3.05) is 0 Å². The molecule has 0 amide bonds. The van der Waals surface area contributed by atoms with Crippen LogP contribution in [0.3, 0.4) is 0 Å². The molecular weight excluding hydrogens is 759 g/mol. The predicted molar refractivity (Wildman–Crippen MR) is 258 cm³/mol. The molecule has 0 saturated carbocycles. The second-order valence-corrected chi connectivity index (χ2v) is 16.1. The van der Waals surface area contributed by atoms with Crippen LogP contribution in [0.2, 0.25) is 0 Å². The van der Waals surface area contributed by atoms with Gasteiger partial charge in [-0.15, -0.1) is 11.3 Å². The molecule has 2 aromatic heterocycles. The second-order valence-electron chi connectivity index (χ2n) is 15.1. The number of benzene rings is 10. The first-order chi connectivity index (χ1) is 32.7. The minimum Gasteiger partial charge on any atom is -0.208 e. The number of rotatable bonds is 6. The van der Waals surface area contributed by atoms with Gasteiger partial charge in [0.1, 0.15) is 0 Å². The van der Waals surface area contributed by atoms with Gasteiger partial charge >= 0.3 is 0 Å². The summed E-state index contributed by atoms with van der Waals surface area (Å²) in [4.78, 5) is 14.8. The maximum atomic E-state index is 9.73. The SMILES string of the molecule is [2H]c1c(-c2ccc3c4ccccc4c4ccccc4c3c2)c([2H])c2c(sc3c([2H])c(-c4nc(-c5ccc(-c6ccccc6)cc5)nc(-c5ccc(-c6ccccc6)cc5)n4)c([2H])c([2H])c32)c1[2H]. The lowest BCUT2D eigenvalue weighted by molar-refractivity contribution is 1.07. The van der Waals surface area contributed by atoms with E-state index in [1.54, 1.807) is 0 Å². The molecule has 2 heterocycles. The highest BCUT2D eigenvalue weighted by Crippen LogP contribution is 2.41. The molecule has 3 nitrogen and oxygen atoms in total. The summed E-state index contributed by atoms with van der Waals surface area (Å²) < 4.78 is 57.9. The normalized spacial score (nSPS) is 13.0. The van der Waals surface area contributed by atoms with E-state index in [9.17, 15) is 8.22 Å². The van der Waals surface area contributed by atoms with Gasteiger partial charge in [0, 0.05) is 36.9 Å². The Morgan fingerprint density at radius 1 is 0.279 bits per heavy atom. The number of fused-ring (bicyclic) bond motifs is 9. The zero-order valence-corrected chi connectivity index (χ0v) is 33.3. The third kappa shape index (κ3) is 6.24. The molecule has 12 rings (SSSR count). The highest BCUT2D eigenvalue weighted by atomic mass is 32.1. The fourth-order valence-corrected chi connectivity index (χ4v) is 9.31. The molecule has 0 atom stereocenters. The molecule has 0 bridgehead atoms. The van der Waals surface area contributed by atoms with Crippen LogP contribution >= 0.6 is 11.3 Å². The lowest BCUT2D eigenvalue weighted by Crippen LogP contribution is -2.00. The van der Waals surface area contributed by atoms with Gasteiger partial charge in [0.2, 0.25) is 0 Å². The Hall–Kier alpha value is -7.79. The second kappa shape index (κ2) is 14.5. The van der Waals surface area contributed by atoms with E-state index in [1.807, 2.05) is 152 Å². The van der Waals surface area contributed by atoms with E-state index in [1.165, 1.54) is 0 Å². The first kappa shape index (κ1) is 29.4. The minimum absolute atomic E-state index is 0.0191. The lowest BCUT2D eigenvalue weighted by Gasteiger charge is -2.12. The molecule has 4 heteroatoms. The lowest BCUT2D eigenvalue weighted by atomic mass is 9.92. The number of hydrogen-bond donors (Lipinski definition) is 0. The van der Waals surface area contributed by atoms with Crippen molar-refractivity contribution in [3.8, 4) is 67.5 Å². The van der Waals surface area contributed by atoms with Crippen molar-refractivity contribution in [2.45, 2.75) is 0 Å². The maximum absolute atomic E-state index is 9.73. The molecule has 10 aromatic carbocycles. The van der Waals surface area contributed by atoms with Crippen molar-refractivity contribution >= 4 is 63.8 Å². The zero-order valence-electron chi connectivity index (χ0n) is 38.5. The van der Waals surface area contributed by atoms with Gasteiger partial charge < -0.3 is 0 Å². The van der Waals surface area contributed by atoms with Gasteiger partial charge in [0.15, 0.2) is 17.5 Å². The van der Waals surface area contributed by atoms with Crippen molar-refractivity contribution in [2.24, 2.45) is 0 Å². The summed E-state index contributed by atoms with van der Waals surface area (Å²) in [5.74, 6) is 0.752. The molecule has 0 N–H and O–H groups in total. The molecule has 0 aliphatic rings. The van der Waals surface area contributed by atoms with Crippen LogP contribution in [0, 0.1) is 0 Å². The van der Waals surface area contributed by atoms with Crippen LogP contribution in [0.5, 0.6) is 0 Å². The maximum Gasteiger partial charge on any atom is 0.164 e. The van der Waals surface area contributed by atoms with E-state index in [0.29, 0.717) is 37.7 Å². The average molecular weight is 800 g/mol. The van der Waals surface area contributed by atoms with E-state index < -0.39 is 0 Å². The molecular formula is C57H35N3S. The Kier molecular flexibility index (Phi) is 6.99. The smallest absolute Gasteiger partial charge is 0.164 e. The number of thiophene rings is 1. The van der Waals surface area contributed by atoms with Gasteiger partial charge in [-0.05, 0) is 89.9 Å². The van der Waals surface area contributed by atoms with Crippen LogP contribution < -0.4 is 0 Å². The van der Waals surface area contributed by atoms with E-state index in [-0.39, 0.29) is 64.0 Å². The Labute approximate surface area is 365 Å². The van der Waals surface area contributed by atoms with Crippen molar-refractivity contribution in [3.63, 3.8) is 0 Å². The van der Waals surface area contributed by atoms with E-state index >= 15 is 0 Å². The van der Waals surface area contributed by atoms with Crippen LogP contribution in [0.15, 0.2) is 212 Å². The molecule has 0 aliphatic heterocycles. The highest BCUT2D eigenvalue weighted by molar-refractivity contribution is 7.25. The van der Waals surface area contributed by atoms with Gasteiger partial charge in [-0.3, -0.25) is 0 Å². The first-order valence-corrected chi connectivity index (χ1v) is 20.9. The Morgan fingerprint density at radius 3 is 1.26 bits per heavy atom. The largest absolute Gasteiger partial charge is 0.208 e. The first-order valence-electron chi connectivity index (χ1n) is 23.1. The third-order valence-corrected chi connectivity index (χ3v) is 12.4. The summed E-state index contributed by atoms with van der Waals surface area (Å²) in [6, 6.07) is 57.6. The summed E-state index contributed by atoms with van der Waals surface area (Å²) in [5, 5.41) is 6.91. The Bertz CT molecular complexity index is 3830. The molecule has 0 saturated heterocycles. The molecule has 0 spiro atoms. The van der Waals surface area contributed by atoms with Crippen LogP contribution in [-0.2, 0) is 0 Å². The predicted octanol–water partition coefficient (Wildman–Crippen LogP) is 15.7. The summed E-state index contributed by atoms with van der Waals surface area (Å²) in [5.41, 5.74) is 6.52. The molecule has 284 valence electrons. The molecule has 0 aliphatic carbocycles. The van der Waals surface area contributed by atoms with Gasteiger partial charge in [-0.2, -0.15) is 0 Å².